The Morgan fingerprint density at radius 2 is 2.00 bits per heavy atom. The molecule has 27 heavy (non-hydrogen) atoms. The van der Waals surface area contributed by atoms with Crippen molar-refractivity contribution >= 4 is 17.6 Å². The Balaban J connectivity index is 1.52. The van der Waals surface area contributed by atoms with Crippen LogP contribution in [0.5, 0.6) is 0 Å². The number of amides is 2. The molecule has 0 radical (unpaired) electrons. The Hall–Kier alpha value is -2.89. The number of likely N-dealkylation sites (tertiary alicyclic amines) is 1. The maximum absolute atomic E-state index is 12.5. The number of rotatable bonds is 7. The molecule has 0 aliphatic carbocycles. The predicted molar refractivity (Wildman–Crippen MR) is 105 cm³/mol. The molecule has 2 amide bonds. The molecule has 2 aromatic rings. The van der Waals surface area contributed by atoms with Crippen molar-refractivity contribution in [3.63, 3.8) is 0 Å². The molecule has 142 valence electrons. The number of pyridine rings is 1. The quantitative estimate of drug-likeness (QED) is 0.812. The van der Waals surface area contributed by atoms with Crippen molar-refractivity contribution in [2.24, 2.45) is 5.92 Å². The van der Waals surface area contributed by atoms with Gasteiger partial charge in [0.25, 0.3) is 0 Å². The smallest absolute Gasteiger partial charge is 0.225 e. The fraction of sp³-hybridized carbons (Fsp3) is 0.381. The normalized spacial score (nSPS) is 16.4. The monoisotopic (exact) mass is 366 g/mol. The zero-order valence-corrected chi connectivity index (χ0v) is 15.9. The highest BCUT2D eigenvalue weighted by molar-refractivity contribution is 5.89. The molecule has 1 N–H and O–H groups in total. The van der Waals surface area contributed by atoms with Crippen LogP contribution >= 0.6 is 0 Å². The van der Waals surface area contributed by atoms with Gasteiger partial charge in [0.15, 0.2) is 0 Å². The Bertz CT molecular complexity index is 792. The summed E-state index contributed by atoms with van der Waals surface area (Å²) in [6.07, 6.45) is 2.83. The summed E-state index contributed by atoms with van der Waals surface area (Å²) in [5.74, 6) is 0.540. The van der Waals surface area contributed by atoms with E-state index in [-0.39, 0.29) is 24.2 Å². The van der Waals surface area contributed by atoms with E-state index in [2.05, 4.69) is 22.4 Å². The van der Waals surface area contributed by atoms with Gasteiger partial charge in [-0.15, -0.1) is 0 Å². The van der Waals surface area contributed by atoms with Gasteiger partial charge in [-0.05, 0) is 18.1 Å². The van der Waals surface area contributed by atoms with Crippen LogP contribution in [0.3, 0.4) is 0 Å². The Morgan fingerprint density at radius 1 is 1.22 bits per heavy atom. The predicted octanol–water partition coefficient (Wildman–Crippen LogP) is 1.85. The third-order valence-corrected chi connectivity index (χ3v) is 4.84. The zero-order valence-electron chi connectivity index (χ0n) is 15.9. The van der Waals surface area contributed by atoms with Gasteiger partial charge in [0.05, 0.1) is 5.92 Å². The van der Waals surface area contributed by atoms with E-state index >= 15 is 0 Å². The van der Waals surface area contributed by atoms with Crippen LogP contribution in [0.25, 0.3) is 0 Å². The first-order chi connectivity index (χ1) is 13.0. The lowest BCUT2D eigenvalue weighted by Crippen LogP contribution is -2.33. The largest absolute Gasteiger partial charge is 0.362 e. The van der Waals surface area contributed by atoms with Crippen LogP contribution in [0, 0.1) is 5.92 Å². The summed E-state index contributed by atoms with van der Waals surface area (Å²) >= 11 is 0. The van der Waals surface area contributed by atoms with Crippen LogP contribution < -0.4 is 10.2 Å². The van der Waals surface area contributed by atoms with Crippen molar-refractivity contribution < 1.29 is 9.59 Å². The van der Waals surface area contributed by atoms with Gasteiger partial charge in [0, 0.05) is 51.9 Å². The highest BCUT2D eigenvalue weighted by Gasteiger charge is 2.33. The highest BCUT2D eigenvalue weighted by Crippen LogP contribution is 2.19. The van der Waals surface area contributed by atoms with E-state index in [1.54, 1.807) is 11.1 Å². The third kappa shape index (κ3) is 4.84. The number of nitrogens with zero attached hydrogens (tertiary/aromatic N) is 3. The molecular weight excluding hydrogens is 340 g/mol. The molecule has 1 saturated heterocycles. The number of anilines is 1. The van der Waals surface area contributed by atoms with Crippen molar-refractivity contribution in [1.82, 2.24) is 15.2 Å². The van der Waals surface area contributed by atoms with E-state index in [1.807, 2.05) is 49.3 Å². The van der Waals surface area contributed by atoms with Crippen LogP contribution in [0.15, 0.2) is 48.7 Å². The maximum atomic E-state index is 12.5. The molecule has 0 saturated carbocycles. The molecule has 1 unspecified atom stereocenters. The summed E-state index contributed by atoms with van der Waals surface area (Å²) in [4.78, 5) is 32.9. The SMILES string of the molecule is CN(C)c1ncccc1CNC(=O)C1CC(=O)N(CCc2ccccc2)C1. The van der Waals surface area contributed by atoms with Crippen LogP contribution in [0.4, 0.5) is 5.82 Å². The second-order valence-electron chi connectivity index (χ2n) is 7.07. The van der Waals surface area contributed by atoms with Crippen LogP contribution in [0.2, 0.25) is 0 Å². The fourth-order valence-electron chi connectivity index (χ4n) is 3.37. The van der Waals surface area contributed by atoms with E-state index in [1.165, 1.54) is 5.56 Å². The molecule has 6 heteroatoms. The van der Waals surface area contributed by atoms with Crippen LogP contribution in [-0.4, -0.2) is 48.9 Å². The average molecular weight is 366 g/mol. The minimum atomic E-state index is -0.284. The standard InChI is InChI=1S/C21H26N4O2/c1-24(2)20-17(9-6-11-22-20)14-23-21(27)18-13-19(26)25(15-18)12-10-16-7-4-3-5-8-16/h3-9,11,18H,10,12-15H2,1-2H3,(H,23,27). The van der Waals surface area contributed by atoms with Crippen molar-refractivity contribution in [1.29, 1.82) is 0 Å². The van der Waals surface area contributed by atoms with E-state index < -0.39 is 0 Å². The van der Waals surface area contributed by atoms with Gasteiger partial charge < -0.3 is 15.1 Å². The number of hydrogen-bond donors (Lipinski definition) is 1. The molecule has 1 aliphatic heterocycles. The summed E-state index contributed by atoms with van der Waals surface area (Å²) in [6, 6.07) is 13.9. The van der Waals surface area contributed by atoms with Gasteiger partial charge in [-0.2, -0.15) is 0 Å². The summed E-state index contributed by atoms with van der Waals surface area (Å²) < 4.78 is 0. The van der Waals surface area contributed by atoms with Gasteiger partial charge in [0.2, 0.25) is 11.8 Å². The molecule has 2 heterocycles. The molecule has 3 rings (SSSR count). The summed E-state index contributed by atoms with van der Waals surface area (Å²) in [5.41, 5.74) is 2.16. The molecule has 1 fully saturated rings. The fourth-order valence-corrected chi connectivity index (χ4v) is 3.37. The van der Waals surface area contributed by atoms with Gasteiger partial charge in [0.1, 0.15) is 5.82 Å². The first-order valence-electron chi connectivity index (χ1n) is 9.25. The third-order valence-electron chi connectivity index (χ3n) is 4.84. The minimum absolute atomic E-state index is 0.0569. The summed E-state index contributed by atoms with van der Waals surface area (Å²) in [6.45, 7) is 1.56. The number of aromatic nitrogens is 1. The first-order valence-corrected chi connectivity index (χ1v) is 9.25. The zero-order chi connectivity index (χ0) is 19.2. The van der Waals surface area contributed by atoms with E-state index in [0.717, 1.165) is 17.8 Å². The lowest BCUT2D eigenvalue weighted by molar-refractivity contribution is -0.129. The van der Waals surface area contributed by atoms with Crippen molar-refractivity contribution in [2.45, 2.75) is 19.4 Å². The Kier molecular flexibility index (Phi) is 6.06. The lowest BCUT2D eigenvalue weighted by Gasteiger charge is -2.18. The highest BCUT2D eigenvalue weighted by atomic mass is 16.2. The average Bonchev–Trinajstić information content (AvgIpc) is 3.06. The van der Waals surface area contributed by atoms with E-state index in [0.29, 0.717) is 19.6 Å². The Labute approximate surface area is 160 Å². The molecule has 1 aromatic heterocycles. The van der Waals surface area contributed by atoms with Gasteiger partial charge in [-0.1, -0.05) is 36.4 Å². The summed E-state index contributed by atoms with van der Waals surface area (Å²) in [5, 5.41) is 2.97. The van der Waals surface area contributed by atoms with Crippen molar-refractivity contribution in [2.75, 3.05) is 32.1 Å². The van der Waals surface area contributed by atoms with E-state index in [4.69, 9.17) is 0 Å². The molecule has 6 nitrogen and oxygen atoms in total. The van der Waals surface area contributed by atoms with Crippen molar-refractivity contribution in [3.05, 3.63) is 59.8 Å². The second-order valence-corrected chi connectivity index (χ2v) is 7.07. The number of hydrogen-bond acceptors (Lipinski definition) is 4. The van der Waals surface area contributed by atoms with Crippen LogP contribution in [0.1, 0.15) is 17.5 Å². The molecule has 1 atom stereocenters. The second kappa shape index (κ2) is 8.66. The first kappa shape index (κ1) is 18.9. The maximum Gasteiger partial charge on any atom is 0.225 e. The number of benzene rings is 1. The van der Waals surface area contributed by atoms with Crippen molar-refractivity contribution in [3.8, 4) is 0 Å². The molecule has 1 aliphatic rings. The molecular formula is C21H26N4O2. The molecule has 0 bridgehead atoms. The number of carbonyl (C=O) groups excluding carboxylic acids is 2. The number of nitrogens with one attached hydrogen (secondary N) is 1. The number of carbonyl (C=O) groups is 2. The van der Waals surface area contributed by atoms with E-state index in [9.17, 15) is 9.59 Å². The minimum Gasteiger partial charge on any atom is -0.362 e. The van der Waals surface area contributed by atoms with Gasteiger partial charge in [-0.3, -0.25) is 9.59 Å². The van der Waals surface area contributed by atoms with Gasteiger partial charge >= 0.3 is 0 Å². The van der Waals surface area contributed by atoms with Crippen LogP contribution in [-0.2, 0) is 22.6 Å². The van der Waals surface area contributed by atoms with Gasteiger partial charge in [-0.25, -0.2) is 4.98 Å². The molecule has 0 spiro atoms. The topological polar surface area (TPSA) is 65.5 Å². The Morgan fingerprint density at radius 3 is 2.74 bits per heavy atom. The summed E-state index contributed by atoms with van der Waals surface area (Å²) in [7, 11) is 3.85. The molecule has 1 aromatic carbocycles. The lowest BCUT2D eigenvalue weighted by atomic mass is 10.1.